The fourth-order valence-corrected chi connectivity index (χ4v) is 6.48. The smallest absolute Gasteiger partial charge is 0.407 e. The van der Waals surface area contributed by atoms with Crippen molar-refractivity contribution in [3.05, 3.63) is 51.8 Å². The molecule has 57 heavy (non-hydrogen) atoms. The fraction of sp³-hybridized carbons (Fsp3) is 0.703. The van der Waals surface area contributed by atoms with Crippen LogP contribution in [0, 0.1) is 16.0 Å². The van der Waals surface area contributed by atoms with Crippen molar-refractivity contribution in [2.24, 2.45) is 5.92 Å². The van der Waals surface area contributed by atoms with E-state index in [-0.39, 0.29) is 57.3 Å². The Bertz CT molecular complexity index is 1510. The third kappa shape index (κ3) is 14.9. The minimum Gasteiger partial charge on any atom is -0.468 e. The van der Waals surface area contributed by atoms with Crippen LogP contribution in [-0.4, -0.2) is 137 Å². The summed E-state index contributed by atoms with van der Waals surface area (Å²) >= 11 is 0. The number of rotatable bonds is 17. The number of nitro groups is 1. The predicted molar refractivity (Wildman–Crippen MR) is 199 cm³/mol. The summed E-state index contributed by atoms with van der Waals surface area (Å²) in [4.78, 5) is 49.2. The van der Waals surface area contributed by atoms with Crippen molar-refractivity contribution in [2.75, 3.05) is 32.8 Å². The zero-order chi connectivity index (χ0) is 41.7. The second-order valence-corrected chi connectivity index (χ2v) is 15.4. The number of hydrogen-bond acceptors (Lipinski definition) is 16. The van der Waals surface area contributed by atoms with E-state index in [2.05, 4.69) is 21.3 Å². The van der Waals surface area contributed by atoms with Crippen LogP contribution in [0.25, 0.3) is 0 Å². The number of benzene rings is 1. The Balaban J connectivity index is 1.53. The van der Waals surface area contributed by atoms with Crippen molar-refractivity contribution in [1.82, 2.24) is 21.3 Å². The molecule has 0 bridgehead atoms. The highest BCUT2D eigenvalue weighted by atomic mass is 16.7. The van der Waals surface area contributed by atoms with Gasteiger partial charge in [0.1, 0.15) is 42.4 Å². The molecule has 3 amide bonds. The topological polar surface area (TPSA) is 279 Å². The second kappa shape index (κ2) is 21.6. The minimum absolute atomic E-state index is 0.0397. The van der Waals surface area contributed by atoms with Crippen LogP contribution in [0.3, 0.4) is 0 Å². The highest BCUT2D eigenvalue weighted by Gasteiger charge is 2.50. The number of ether oxygens (including phenoxy) is 6. The van der Waals surface area contributed by atoms with Crippen LogP contribution in [-0.2, 0) is 39.8 Å². The van der Waals surface area contributed by atoms with Gasteiger partial charge in [-0.25, -0.2) is 9.59 Å². The number of alkyl carbamates (subject to hydrolysis) is 2. The lowest BCUT2D eigenvalue weighted by Gasteiger charge is -2.47. The molecule has 1 saturated heterocycles. The van der Waals surface area contributed by atoms with Gasteiger partial charge in [-0.1, -0.05) is 6.92 Å². The van der Waals surface area contributed by atoms with Gasteiger partial charge in [-0.05, 0) is 69.7 Å². The standard InChI is InChI=1S/C37H57N5O15/c1-21-14-28(45)34(52-19-21)56-33-26(40-29(46)12-13-39-35(48)57-37(2,3)4)15-27(41-36(49)53-20-22-8-10-23(11-9-22)42(50)51)32(31(33)47)55-30-7-5-6-25(54-30)17-38-16-24(44)18-43/h6,8-11,21,24,26-28,30-34,38,43-45,47H,5,7,12-20H2,1-4H3,(H,39,48)(H,40,46)(H,41,49)/t21-,24?,26+,27-,28+,30+,31-,32+,33-,34+/m0/s1. The maximum absolute atomic E-state index is 13.3. The Labute approximate surface area is 330 Å². The summed E-state index contributed by atoms with van der Waals surface area (Å²) in [5.41, 5.74) is -0.406. The molecule has 4 rings (SSSR count). The van der Waals surface area contributed by atoms with E-state index >= 15 is 0 Å². The molecular formula is C37H57N5O15. The summed E-state index contributed by atoms with van der Waals surface area (Å²) in [7, 11) is 0. The van der Waals surface area contributed by atoms with Crippen molar-refractivity contribution in [3.8, 4) is 0 Å². The van der Waals surface area contributed by atoms with Gasteiger partial charge in [0.2, 0.25) is 5.91 Å². The van der Waals surface area contributed by atoms with Crippen molar-refractivity contribution >= 4 is 23.8 Å². The zero-order valence-corrected chi connectivity index (χ0v) is 32.7. The molecule has 20 heteroatoms. The Morgan fingerprint density at radius 3 is 2.40 bits per heavy atom. The molecule has 8 N–H and O–H groups in total. The number of amides is 3. The summed E-state index contributed by atoms with van der Waals surface area (Å²) in [5, 5.41) is 63.8. The largest absolute Gasteiger partial charge is 0.468 e. The van der Waals surface area contributed by atoms with E-state index in [1.165, 1.54) is 24.3 Å². The van der Waals surface area contributed by atoms with Crippen LogP contribution in [0.1, 0.15) is 65.4 Å². The molecule has 1 aromatic carbocycles. The number of nitro benzene ring substituents is 1. The maximum atomic E-state index is 13.3. The predicted octanol–water partition coefficient (Wildman–Crippen LogP) is 0.831. The lowest BCUT2D eigenvalue weighted by molar-refractivity contribution is -0.384. The summed E-state index contributed by atoms with van der Waals surface area (Å²) in [6.07, 6.45) is -6.90. The van der Waals surface area contributed by atoms with Crippen LogP contribution in [0.15, 0.2) is 36.1 Å². The number of aliphatic hydroxyl groups is 4. The molecule has 1 aliphatic carbocycles. The lowest BCUT2D eigenvalue weighted by Crippen LogP contribution is -2.67. The van der Waals surface area contributed by atoms with Gasteiger partial charge in [-0.15, -0.1) is 0 Å². The van der Waals surface area contributed by atoms with E-state index in [9.17, 15) is 39.8 Å². The fourth-order valence-electron chi connectivity index (χ4n) is 6.48. The normalized spacial score (nSPS) is 28.2. The summed E-state index contributed by atoms with van der Waals surface area (Å²) in [5.74, 6) is -0.00368. The molecular weight excluding hydrogens is 754 g/mol. The molecule has 2 fully saturated rings. The third-order valence-corrected chi connectivity index (χ3v) is 9.21. The van der Waals surface area contributed by atoms with Gasteiger partial charge >= 0.3 is 12.2 Å². The first-order valence-corrected chi connectivity index (χ1v) is 19.1. The third-order valence-electron chi connectivity index (χ3n) is 9.21. The van der Waals surface area contributed by atoms with E-state index in [4.69, 9.17) is 33.5 Å². The van der Waals surface area contributed by atoms with Crippen LogP contribution < -0.4 is 21.3 Å². The zero-order valence-electron chi connectivity index (χ0n) is 32.7. The van der Waals surface area contributed by atoms with Crippen LogP contribution in [0.2, 0.25) is 0 Å². The lowest BCUT2D eigenvalue weighted by atomic mass is 9.83. The molecule has 1 saturated carbocycles. The van der Waals surface area contributed by atoms with Crippen LogP contribution in [0.5, 0.6) is 0 Å². The van der Waals surface area contributed by atoms with Crippen molar-refractivity contribution < 1.29 is 68.2 Å². The molecule has 320 valence electrons. The van der Waals surface area contributed by atoms with E-state index in [1.807, 2.05) is 13.0 Å². The number of non-ortho nitro benzene ring substituents is 1. The van der Waals surface area contributed by atoms with Gasteiger partial charge in [0.15, 0.2) is 12.6 Å². The second-order valence-electron chi connectivity index (χ2n) is 15.4. The Morgan fingerprint density at radius 2 is 1.74 bits per heavy atom. The van der Waals surface area contributed by atoms with Gasteiger partial charge in [0.05, 0.1) is 42.9 Å². The van der Waals surface area contributed by atoms with Gasteiger partial charge < -0.3 is 70.1 Å². The van der Waals surface area contributed by atoms with Crippen molar-refractivity contribution in [2.45, 2.75) is 127 Å². The number of aliphatic hydroxyl groups excluding tert-OH is 4. The number of hydrogen-bond donors (Lipinski definition) is 8. The van der Waals surface area contributed by atoms with Crippen molar-refractivity contribution in [3.63, 3.8) is 0 Å². The van der Waals surface area contributed by atoms with Gasteiger partial charge in [0, 0.05) is 38.1 Å². The molecule has 20 nitrogen and oxygen atoms in total. The SMILES string of the molecule is C[C@@H]1CO[C@H](O[C@@H]2[C@@H](O)[C@H](O[C@@H]3CCC=C(CNCC(O)CO)O3)[C@@H](NC(=O)OCc3ccc([N+](=O)[O-])cc3)C[C@H]2NC(=O)CCNC(=O)OC(C)(C)C)[C@H](O)C1. The summed E-state index contributed by atoms with van der Waals surface area (Å²) < 4.78 is 35.1. The number of nitrogens with zero attached hydrogens (tertiary/aromatic N) is 1. The van der Waals surface area contributed by atoms with Crippen LogP contribution in [0.4, 0.5) is 15.3 Å². The molecule has 1 unspecified atom stereocenters. The number of carbonyl (C=O) groups is 3. The molecule has 1 aromatic rings. The molecule has 0 aromatic heterocycles. The Morgan fingerprint density at radius 1 is 1.04 bits per heavy atom. The average molecular weight is 812 g/mol. The monoisotopic (exact) mass is 811 g/mol. The highest BCUT2D eigenvalue weighted by Crippen LogP contribution is 2.32. The molecule has 0 radical (unpaired) electrons. The quantitative estimate of drug-likeness (QED) is 0.0799. The number of nitrogens with one attached hydrogen (secondary N) is 4. The van der Waals surface area contributed by atoms with E-state index in [0.29, 0.717) is 30.6 Å². The number of carbonyl (C=O) groups excluding carboxylic acids is 3. The highest BCUT2D eigenvalue weighted by molar-refractivity contribution is 5.77. The van der Waals surface area contributed by atoms with Gasteiger partial charge in [-0.2, -0.15) is 0 Å². The first kappa shape index (κ1) is 45.6. The molecule has 0 spiro atoms. The molecule has 2 aliphatic heterocycles. The van der Waals surface area contributed by atoms with Crippen molar-refractivity contribution in [1.29, 1.82) is 0 Å². The summed E-state index contributed by atoms with van der Waals surface area (Å²) in [6, 6.07) is 3.43. The van der Waals surface area contributed by atoms with Gasteiger partial charge in [-0.3, -0.25) is 14.9 Å². The van der Waals surface area contributed by atoms with E-state index in [0.717, 1.165) is 0 Å². The summed E-state index contributed by atoms with van der Waals surface area (Å²) in [6.45, 7) is 6.87. The first-order valence-electron chi connectivity index (χ1n) is 19.1. The van der Waals surface area contributed by atoms with E-state index in [1.54, 1.807) is 20.8 Å². The Hall–Kier alpha value is -4.15. The molecule has 10 atom stereocenters. The van der Waals surface area contributed by atoms with E-state index < -0.39 is 90.4 Å². The minimum atomic E-state index is -1.56. The molecule has 2 heterocycles. The average Bonchev–Trinajstić information content (AvgIpc) is 3.14. The number of allylic oxidation sites excluding steroid dienone is 1. The Kier molecular flexibility index (Phi) is 17.2. The first-order chi connectivity index (χ1) is 27.0. The van der Waals surface area contributed by atoms with Gasteiger partial charge in [0.25, 0.3) is 5.69 Å². The maximum Gasteiger partial charge on any atom is 0.407 e. The van der Waals surface area contributed by atoms with Crippen LogP contribution >= 0.6 is 0 Å². The molecule has 3 aliphatic rings.